The van der Waals surface area contributed by atoms with E-state index in [4.69, 9.17) is 4.74 Å². The number of hydrogen-bond donors (Lipinski definition) is 1. The Hall–Kier alpha value is -2.14. The average molecular weight is 317 g/mol. The molecule has 1 aromatic rings. The molecule has 0 saturated heterocycles. The first-order chi connectivity index (χ1) is 11.0. The summed E-state index contributed by atoms with van der Waals surface area (Å²) in [6.07, 6.45) is 0.895. The molecule has 0 radical (unpaired) electrons. The SMILES string of the molecule is CCC(=O)C1=C(O)C(=O)N(CCCOC)C1c1cccc(C)c1. The minimum atomic E-state index is -0.522. The molecule has 1 aliphatic heterocycles. The number of methoxy groups -OCH3 is 1. The summed E-state index contributed by atoms with van der Waals surface area (Å²) in [7, 11) is 1.60. The maximum atomic E-state index is 12.4. The number of carbonyl (C=O) groups excluding carboxylic acids is 2. The second kappa shape index (κ2) is 7.42. The third-order valence-electron chi connectivity index (χ3n) is 4.03. The highest BCUT2D eigenvalue weighted by atomic mass is 16.5. The largest absolute Gasteiger partial charge is 0.503 e. The van der Waals surface area contributed by atoms with Gasteiger partial charge in [-0.25, -0.2) is 0 Å². The van der Waals surface area contributed by atoms with Crippen LogP contribution in [0.4, 0.5) is 0 Å². The summed E-state index contributed by atoms with van der Waals surface area (Å²) in [5.74, 6) is -1.10. The molecule has 23 heavy (non-hydrogen) atoms. The molecule has 2 rings (SSSR count). The standard InChI is InChI=1S/C18H23NO4/c1-4-14(20)15-16(13-8-5-7-12(2)11-13)19(9-6-10-23-3)18(22)17(15)21/h5,7-8,11,16,21H,4,6,9-10H2,1-3H3. The number of aliphatic hydroxyl groups is 1. The highest BCUT2D eigenvalue weighted by Gasteiger charge is 2.42. The molecule has 5 heteroatoms. The summed E-state index contributed by atoms with van der Waals surface area (Å²) in [6.45, 7) is 4.63. The fraction of sp³-hybridized carbons (Fsp3) is 0.444. The first-order valence-corrected chi connectivity index (χ1v) is 7.84. The van der Waals surface area contributed by atoms with Crippen LogP contribution in [0.25, 0.3) is 0 Å². The molecule has 1 atom stereocenters. The monoisotopic (exact) mass is 317 g/mol. The molecule has 1 aliphatic rings. The average Bonchev–Trinajstić information content (AvgIpc) is 2.79. The third kappa shape index (κ3) is 3.45. The highest BCUT2D eigenvalue weighted by molar-refractivity contribution is 6.08. The van der Waals surface area contributed by atoms with E-state index >= 15 is 0 Å². The van der Waals surface area contributed by atoms with Crippen molar-refractivity contribution in [1.82, 2.24) is 4.90 Å². The van der Waals surface area contributed by atoms with Crippen LogP contribution in [0.1, 0.15) is 36.9 Å². The lowest BCUT2D eigenvalue weighted by Crippen LogP contribution is -2.32. The summed E-state index contributed by atoms with van der Waals surface area (Å²) >= 11 is 0. The van der Waals surface area contributed by atoms with Crippen molar-refractivity contribution in [2.24, 2.45) is 0 Å². The zero-order valence-electron chi connectivity index (χ0n) is 13.8. The minimum Gasteiger partial charge on any atom is -0.503 e. The van der Waals surface area contributed by atoms with Crippen LogP contribution in [0, 0.1) is 6.92 Å². The van der Waals surface area contributed by atoms with Crippen molar-refractivity contribution in [1.29, 1.82) is 0 Å². The van der Waals surface area contributed by atoms with Crippen LogP contribution in [-0.2, 0) is 14.3 Å². The minimum absolute atomic E-state index is 0.198. The predicted molar refractivity (Wildman–Crippen MR) is 87.1 cm³/mol. The first kappa shape index (κ1) is 17.2. The van der Waals surface area contributed by atoms with Gasteiger partial charge in [0.2, 0.25) is 0 Å². The number of rotatable bonds is 7. The summed E-state index contributed by atoms with van der Waals surface area (Å²) in [5.41, 5.74) is 2.10. The Bertz CT molecular complexity index is 636. The number of amides is 1. The number of aryl methyl sites for hydroxylation is 1. The van der Waals surface area contributed by atoms with Crippen LogP contribution in [0.2, 0.25) is 0 Å². The Balaban J connectivity index is 2.43. The maximum Gasteiger partial charge on any atom is 0.290 e. The lowest BCUT2D eigenvalue weighted by atomic mass is 9.94. The van der Waals surface area contributed by atoms with Crippen molar-refractivity contribution in [3.8, 4) is 0 Å². The second-order valence-corrected chi connectivity index (χ2v) is 5.70. The van der Waals surface area contributed by atoms with Gasteiger partial charge >= 0.3 is 0 Å². The van der Waals surface area contributed by atoms with Crippen LogP contribution in [0.15, 0.2) is 35.6 Å². The lowest BCUT2D eigenvalue weighted by Gasteiger charge is -2.27. The first-order valence-electron chi connectivity index (χ1n) is 7.84. The van der Waals surface area contributed by atoms with E-state index in [1.165, 1.54) is 0 Å². The Morgan fingerprint density at radius 3 is 2.74 bits per heavy atom. The molecule has 0 aromatic heterocycles. The Labute approximate surface area is 136 Å². The molecule has 5 nitrogen and oxygen atoms in total. The Morgan fingerprint density at radius 1 is 1.39 bits per heavy atom. The normalized spacial score (nSPS) is 18.0. The molecule has 1 N–H and O–H groups in total. The second-order valence-electron chi connectivity index (χ2n) is 5.70. The van der Waals surface area contributed by atoms with Gasteiger partial charge in [-0.1, -0.05) is 36.8 Å². The van der Waals surface area contributed by atoms with Gasteiger partial charge in [-0.3, -0.25) is 9.59 Å². The van der Waals surface area contributed by atoms with Crippen molar-refractivity contribution in [3.05, 3.63) is 46.7 Å². The fourth-order valence-electron chi connectivity index (χ4n) is 2.93. The number of aliphatic hydroxyl groups excluding tert-OH is 1. The van der Waals surface area contributed by atoms with Gasteiger partial charge in [0, 0.05) is 26.7 Å². The molecule has 1 amide bonds. The number of carbonyl (C=O) groups is 2. The van der Waals surface area contributed by atoms with E-state index in [1.807, 2.05) is 31.2 Å². The number of hydrogen-bond acceptors (Lipinski definition) is 4. The number of nitrogens with zero attached hydrogens (tertiary/aromatic N) is 1. The van der Waals surface area contributed by atoms with Gasteiger partial charge in [-0.15, -0.1) is 0 Å². The Kier molecular flexibility index (Phi) is 5.55. The molecule has 1 unspecified atom stereocenters. The predicted octanol–water partition coefficient (Wildman–Crippen LogP) is 2.71. The summed E-state index contributed by atoms with van der Waals surface area (Å²) in [6, 6.07) is 7.16. The molecule has 0 bridgehead atoms. The topological polar surface area (TPSA) is 66.8 Å². The highest BCUT2D eigenvalue weighted by Crippen LogP contribution is 2.38. The van der Waals surface area contributed by atoms with Gasteiger partial charge in [-0.05, 0) is 18.9 Å². The molecule has 1 aromatic carbocycles. The molecule has 0 saturated carbocycles. The van der Waals surface area contributed by atoms with E-state index in [9.17, 15) is 14.7 Å². The van der Waals surface area contributed by atoms with E-state index in [1.54, 1.807) is 18.9 Å². The fourth-order valence-corrected chi connectivity index (χ4v) is 2.93. The van der Waals surface area contributed by atoms with E-state index in [-0.39, 0.29) is 17.8 Å². The van der Waals surface area contributed by atoms with Crippen molar-refractivity contribution < 1.29 is 19.4 Å². The third-order valence-corrected chi connectivity index (χ3v) is 4.03. The number of benzene rings is 1. The zero-order valence-corrected chi connectivity index (χ0v) is 13.8. The summed E-state index contributed by atoms with van der Waals surface area (Å²) < 4.78 is 5.04. The zero-order chi connectivity index (χ0) is 17.0. The summed E-state index contributed by atoms with van der Waals surface area (Å²) in [4.78, 5) is 26.3. The van der Waals surface area contributed by atoms with E-state index < -0.39 is 17.7 Å². The lowest BCUT2D eigenvalue weighted by molar-refractivity contribution is -0.129. The van der Waals surface area contributed by atoms with Gasteiger partial charge in [0.25, 0.3) is 5.91 Å². The maximum absolute atomic E-state index is 12.4. The molecule has 0 spiro atoms. The molecular formula is C18H23NO4. The Morgan fingerprint density at radius 2 is 2.13 bits per heavy atom. The number of Topliss-reactive ketones (excluding diaryl/α,β-unsaturated/α-hetero) is 1. The van der Waals surface area contributed by atoms with Crippen LogP contribution < -0.4 is 0 Å². The van der Waals surface area contributed by atoms with Crippen LogP contribution in [-0.4, -0.2) is 42.0 Å². The molecule has 0 fully saturated rings. The number of ketones is 1. The van der Waals surface area contributed by atoms with Gasteiger partial charge in [0.1, 0.15) is 0 Å². The van der Waals surface area contributed by atoms with Crippen molar-refractivity contribution in [3.63, 3.8) is 0 Å². The molecule has 0 aliphatic carbocycles. The van der Waals surface area contributed by atoms with Crippen molar-refractivity contribution >= 4 is 11.7 Å². The van der Waals surface area contributed by atoms with E-state index in [0.717, 1.165) is 11.1 Å². The summed E-state index contributed by atoms with van der Waals surface area (Å²) in [5, 5.41) is 10.2. The van der Waals surface area contributed by atoms with Crippen LogP contribution in [0.5, 0.6) is 0 Å². The van der Waals surface area contributed by atoms with Crippen LogP contribution in [0.3, 0.4) is 0 Å². The van der Waals surface area contributed by atoms with Gasteiger partial charge in [0.15, 0.2) is 11.5 Å². The molecule has 1 heterocycles. The van der Waals surface area contributed by atoms with E-state index in [2.05, 4.69) is 0 Å². The molecule has 124 valence electrons. The van der Waals surface area contributed by atoms with Crippen LogP contribution >= 0.6 is 0 Å². The van der Waals surface area contributed by atoms with E-state index in [0.29, 0.717) is 19.6 Å². The quantitative estimate of drug-likeness (QED) is 0.785. The smallest absolute Gasteiger partial charge is 0.290 e. The molecular weight excluding hydrogens is 294 g/mol. The van der Waals surface area contributed by atoms with Crippen molar-refractivity contribution in [2.45, 2.75) is 32.7 Å². The van der Waals surface area contributed by atoms with Gasteiger partial charge in [-0.2, -0.15) is 0 Å². The van der Waals surface area contributed by atoms with Gasteiger partial charge in [0.05, 0.1) is 11.6 Å². The number of ether oxygens (including phenoxy) is 1. The van der Waals surface area contributed by atoms with Crippen molar-refractivity contribution in [2.75, 3.05) is 20.3 Å². The van der Waals surface area contributed by atoms with Gasteiger partial charge < -0.3 is 14.7 Å².